The number of anilines is 1. The van der Waals surface area contributed by atoms with Crippen molar-refractivity contribution in [1.29, 1.82) is 0 Å². The fourth-order valence-corrected chi connectivity index (χ4v) is 1.91. The molecule has 0 aromatic carbocycles. The molecule has 0 aliphatic carbocycles. The summed E-state index contributed by atoms with van der Waals surface area (Å²) in [5.74, 6) is 0.597. The summed E-state index contributed by atoms with van der Waals surface area (Å²) in [6.07, 6.45) is 2.77. The largest absolute Gasteiger partial charge is 0.481 e. The van der Waals surface area contributed by atoms with Gasteiger partial charge < -0.3 is 14.6 Å². The zero-order chi connectivity index (χ0) is 14.4. The van der Waals surface area contributed by atoms with Crippen molar-refractivity contribution >= 4 is 5.69 Å². The van der Waals surface area contributed by atoms with Crippen LogP contribution >= 0.6 is 0 Å². The minimum absolute atomic E-state index is 0.0249. The van der Waals surface area contributed by atoms with Gasteiger partial charge in [-0.05, 0) is 18.6 Å². The number of pyridine rings is 2. The lowest BCUT2D eigenvalue weighted by atomic mass is 10.3. The van der Waals surface area contributed by atoms with Gasteiger partial charge in [0.1, 0.15) is 0 Å². The highest BCUT2D eigenvalue weighted by Crippen LogP contribution is 2.09. The van der Waals surface area contributed by atoms with E-state index < -0.39 is 0 Å². The van der Waals surface area contributed by atoms with Gasteiger partial charge in [0, 0.05) is 24.9 Å². The molecule has 1 N–H and O–H groups in total. The number of hydrogen-bond acceptors (Lipinski definition) is 4. The second-order valence-corrected chi connectivity index (χ2v) is 4.47. The average molecular weight is 273 g/mol. The van der Waals surface area contributed by atoms with Crippen LogP contribution in [-0.2, 0) is 13.1 Å². The maximum atomic E-state index is 11.6. The van der Waals surface area contributed by atoms with Crippen LogP contribution in [0.15, 0.2) is 41.3 Å². The Morgan fingerprint density at radius 3 is 2.90 bits per heavy atom. The van der Waals surface area contributed by atoms with E-state index in [2.05, 4.69) is 10.3 Å². The van der Waals surface area contributed by atoms with Gasteiger partial charge in [-0.15, -0.1) is 0 Å². The van der Waals surface area contributed by atoms with Gasteiger partial charge >= 0.3 is 0 Å². The van der Waals surface area contributed by atoms with Crippen molar-refractivity contribution in [2.75, 3.05) is 12.4 Å². The van der Waals surface area contributed by atoms with Crippen LogP contribution in [0.1, 0.15) is 19.0 Å². The number of nitrogens with zero attached hydrogens (tertiary/aromatic N) is 2. The predicted molar refractivity (Wildman–Crippen MR) is 79.1 cm³/mol. The van der Waals surface area contributed by atoms with Crippen molar-refractivity contribution in [3.8, 4) is 5.88 Å². The summed E-state index contributed by atoms with van der Waals surface area (Å²) in [5, 5.41) is 3.26. The quantitative estimate of drug-likeness (QED) is 0.877. The summed E-state index contributed by atoms with van der Waals surface area (Å²) in [5.41, 5.74) is 1.82. The SMILES string of the molecule is CCCn1cc(NCc2cccc(OC)n2)ccc1=O. The fourth-order valence-electron chi connectivity index (χ4n) is 1.91. The van der Waals surface area contributed by atoms with E-state index in [4.69, 9.17) is 4.74 Å². The first-order valence-electron chi connectivity index (χ1n) is 6.67. The summed E-state index contributed by atoms with van der Waals surface area (Å²) in [6.45, 7) is 3.36. The first-order valence-corrected chi connectivity index (χ1v) is 6.67. The highest BCUT2D eigenvalue weighted by atomic mass is 16.5. The first-order chi connectivity index (χ1) is 9.72. The van der Waals surface area contributed by atoms with E-state index in [0.717, 1.165) is 24.3 Å². The van der Waals surface area contributed by atoms with E-state index in [1.54, 1.807) is 23.8 Å². The van der Waals surface area contributed by atoms with Crippen LogP contribution in [0, 0.1) is 0 Å². The highest BCUT2D eigenvalue weighted by molar-refractivity contribution is 5.40. The van der Waals surface area contributed by atoms with Crippen molar-refractivity contribution in [3.63, 3.8) is 0 Å². The summed E-state index contributed by atoms with van der Waals surface area (Å²) < 4.78 is 6.80. The number of aryl methyl sites for hydroxylation is 1. The number of hydrogen-bond donors (Lipinski definition) is 1. The number of nitrogens with one attached hydrogen (secondary N) is 1. The van der Waals surface area contributed by atoms with E-state index in [1.165, 1.54) is 0 Å². The molecule has 0 saturated heterocycles. The van der Waals surface area contributed by atoms with Crippen molar-refractivity contribution in [2.45, 2.75) is 26.4 Å². The van der Waals surface area contributed by atoms with Crippen molar-refractivity contribution < 1.29 is 4.74 Å². The molecular weight excluding hydrogens is 254 g/mol. The first kappa shape index (κ1) is 14.1. The molecule has 20 heavy (non-hydrogen) atoms. The van der Waals surface area contributed by atoms with Crippen LogP contribution in [0.5, 0.6) is 5.88 Å². The lowest BCUT2D eigenvalue weighted by molar-refractivity contribution is 0.396. The van der Waals surface area contributed by atoms with Gasteiger partial charge in [0.05, 0.1) is 25.0 Å². The van der Waals surface area contributed by atoms with Crippen molar-refractivity contribution in [3.05, 3.63) is 52.6 Å². The molecule has 2 aromatic rings. The lowest BCUT2D eigenvalue weighted by Crippen LogP contribution is -2.18. The van der Waals surface area contributed by atoms with Crippen LogP contribution in [0.4, 0.5) is 5.69 Å². The number of ether oxygens (including phenoxy) is 1. The molecule has 0 bridgehead atoms. The molecule has 5 nitrogen and oxygen atoms in total. The smallest absolute Gasteiger partial charge is 0.250 e. The van der Waals surface area contributed by atoms with Crippen LogP contribution in [0.25, 0.3) is 0 Å². The van der Waals surface area contributed by atoms with Crippen LogP contribution in [-0.4, -0.2) is 16.7 Å². The molecule has 0 radical (unpaired) electrons. The Morgan fingerprint density at radius 2 is 2.15 bits per heavy atom. The number of rotatable bonds is 6. The van der Waals surface area contributed by atoms with Gasteiger partial charge in [0.25, 0.3) is 5.56 Å². The van der Waals surface area contributed by atoms with Gasteiger partial charge in [-0.25, -0.2) is 4.98 Å². The standard InChI is InChI=1S/C15H19N3O2/c1-3-9-18-11-13(7-8-15(18)19)16-10-12-5-4-6-14(17-12)20-2/h4-8,11,16H,3,9-10H2,1-2H3. The minimum atomic E-state index is 0.0249. The third-order valence-corrected chi connectivity index (χ3v) is 2.91. The summed E-state index contributed by atoms with van der Waals surface area (Å²) in [7, 11) is 1.60. The third-order valence-electron chi connectivity index (χ3n) is 2.91. The molecule has 2 aromatic heterocycles. The van der Waals surface area contributed by atoms with Gasteiger partial charge in [-0.2, -0.15) is 0 Å². The second-order valence-electron chi connectivity index (χ2n) is 4.47. The monoisotopic (exact) mass is 273 g/mol. The Kier molecular flexibility index (Phi) is 4.76. The van der Waals surface area contributed by atoms with E-state index >= 15 is 0 Å². The van der Waals surface area contributed by atoms with Gasteiger partial charge in [-0.1, -0.05) is 13.0 Å². The maximum absolute atomic E-state index is 11.6. The van der Waals surface area contributed by atoms with Crippen molar-refractivity contribution in [2.24, 2.45) is 0 Å². The van der Waals surface area contributed by atoms with E-state index in [1.807, 2.05) is 31.3 Å². The number of methoxy groups -OCH3 is 1. The molecule has 0 aliphatic heterocycles. The molecule has 0 aliphatic rings. The normalized spacial score (nSPS) is 10.3. The molecule has 0 spiro atoms. The molecule has 106 valence electrons. The molecule has 0 fully saturated rings. The topological polar surface area (TPSA) is 56.1 Å². The van der Waals surface area contributed by atoms with Gasteiger partial charge in [-0.3, -0.25) is 4.79 Å². The second kappa shape index (κ2) is 6.75. The zero-order valence-corrected chi connectivity index (χ0v) is 11.8. The minimum Gasteiger partial charge on any atom is -0.481 e. The lowest BCUT2D eigenvalue weighted by Gasteiger charge is -2.09. The summed E-state index contributed by atoms with van der Waals surface area (Å²) in [6, 6.07) is 9.01. The van der Waals surface area contributed by atoms with Crippen molar-refractivity contribution in [1.82, 2.24) is 9.55 Å². The molecule has 0 atom stereocenters. The molecule has 0 unspecified atom stereocenters. The van der Waals surface area contributed by atoms with E-state index in [-0.39, 0.29) is 5.56 Å². The molecule has 0 amide bonds. The Labute approximate surface area is 118 Å². The Morgan fingerprint density at radius 1 is 1.30 bits per heavy atom. The predicted octanol–water partition coefficient (Wildman–Crippen LogP) is 2.27. The Balaban J connectivity index is 2.06. The molecule has 0 saturated carbocycles. The molecular formula is C15H19N3O2. The maximum Gasteiger partial charge on any atom is 0.250 e. The van der Waals surface area contributed by atoms with Crippen LogP contribution in [0.2, 0.25) is 0 Å². The third kappa shape index (κ3) is 3.60. The average Bonchev–Trinajstić information content (AvgIpc) is 2.48. The fraction of sp³-hybridized carbons (Fsp3) is 0.333. The molecule has 2 heterocycles. The number of aromatic nitrogens is 2. The summed E-state index contributed by atoms with van der Waals surface area (Å²) in [4.78, 5) is 16.0. The van der Waals surface area contributed by atoms with E-state index in [9.17, 15) is 4.79 Å². The Bertz CT molecular complexity index is 623. The zero-order valence-electron chi connectivity index (χ0n) is 11.8. The van der Waals surface area contributed by atoms with Crippen LogP contribution < -0.4 is 15.6 Å². The Hall–Kier alpha value is -2.30. The van der Waals surface area contributed by atoms with Gasteiger partial charge in [0.15, 0.2) is 0 Å². The van der Waals surface area contributed by atoms with Crippen LogP contribution in [0.3, 0.4) is 0 Å². The molecule has 2 rings (SSSR count). The van der Waals surface area contributed by atoms with Gasteiger partial charge in [0.2, 0.25) is 5.88 Å². The molecule has 5 heteroatoms. The summed E-state index contributed by atoms with van der Waals surface area (Å²) >= 11 is 0. The highest BCUT2D eigenvalue weighted by Gasteiger charge is 2.00. The van der Waals surface area contributed by atoms with E-state index in [0.29, 0.717) is 12.4 Å².